The van der Waals surface area contributed by atoms with E-state index in [9.17, 15) is 4.79 Å². The van der Waals surface area contributed by atoms with Crippen LogP contribution in [0, 0.1) is 6.92 Å². The van der Waals surface area contributed by atoms with Crippen LogP contribution in [0.4, 0.5) is 0 Å². The summed E-state index contributed by atoms with van der Waals surface area (Å²) in [4.78, 5) is 15.7. The molecule has 1 unspecified atom stereocenters. The number of hydrogen-bond acceptors (Lipinski definition) is 4. The average Bonchev–Trinajstić information content (AvgIpc) is 3.26. The van der Waals surface area contributed by atoms with E-state index in [2.05, 4.69) is 60.4 Å². The number of ether oxygens (including phenoxy) is 1. The topological polar surface area (TPSA) is 59.4 Å². The molecule has 2 heterocycles. The number of hydrogen-bond donors (Lipinski definition) is 1. The van der Waals surface area contributed by atoms with Crippen LogP contribution in [0.5, 0.6) is 0 Å². The summed E-state index contributed by atoms with van der Waals surface area (Å²) in [6, 6.07) is 16.1. The van der Waals surface area contributed by atoms with E-state index in [-0.39, 0.29) is 17.9 Å². The summed E-state index contributed by atoms with van der Waals surface area (Å²) in [5, 5.41) is 8.39. The Kier molecular flexibility index (Phi) is 7.48. The zero-order valence-corrected chi connectivity index (χ0v) is 20.2. The van der Waals surface area contributed by atoms with Crippen molar-refractivity contribution < 1.29 is 9.53 Å². The van der Waals surface area contributed by atoms with Gasteiger partial charge in [0.25, 0.3) is 5.91 Å². The zero-order chi connectivity index (χ0) is 23.4. The van der Waals surface area contributed by atoms with Crippen LogP contribution in [0.2, 0.25) is 5.02 Å². The van der Waals surface area contributed by atoms with Gasteiger partial charge in [0.2, 0.25) is 0 Å². The van der Waals surface area contributed by atoms with E-state index in [1.54, 1.807) is 6.20 Å². The Bertz CT molecular complexity index is 1090. The van der Waals surface area contributed by atoms with Gasteiger partial charge >= 0.3 is 0 Å². The monoisotopic (exact) mass is 466 g/mol. The lowest BCUT2D eigenvalue weighted by molar-refractivity contribution is 0.0162. The van der Waals surface area contributed by atoms with Gasteiger partial charge in [0.05, 0.1) is 42.4 Å². The Labute approximate surface area is 200 Å². The van der Waals surface area contributed by atoms with E-state index < -0.39 is 0 Å². The third-order valence-electron chi connectivity index (χ3n) is 6.04. The first-order chi connectivity index (χ1) is 15.9. The van der Waals surface area contributed by atoms with Crippen molar-refractivity contribution in [2.24, 2.45) is 0 Å². The van der Waals surface area contributed by atoms with Gasteiger partial charge in [0.1, 0.15) is 0 Å². The molecule has 0 spiro atoms. The highest BCUT2D eigenvalue weighted by atomic mass is 35.5. The number of aryl methyl sites for hydroxylation is 1. The van der Waals surface area contributed by atoms with Gasteiger partial charge in [-0.05, 0) is 42.7 Å². The first-order valence-corrected chi connectivity index (χ1v) is 11.8. The number of carbonyl (C=O) groups is 1. The van der Waals surface area contributed by atoms with Crippen LogP contribution in [-0.4, -0.2) is 53.4 Å². The van der Waals surface area contributed by atoms with Crippen molar-refractivity contribution >= 4 is 17.5 Å². The summed E-state index contributed by atoms with van der Waals surface area (Å²) in [5.41, 5.74) is 4.79. The number of halogens is 1. The fraction of sp³-hybridized carbons (Fsp3) is 0.385. The smallest absolute Gasteiger partial charge is 0.254 e. The van der Waals surface area contributed by atoms with E-state index in [1.807, 2.05) is 28.9 Å². The summed E-state index contributed by atoms with van der Waals surface area (Å²) in [6.07, 6.45) is 1.66. The maximum Gasteiger partial charge on any atom is 0.254 e. The first kappa shape index (κ1) is 23.5. The van der Waals surface area contributed by atoms with Crippen LogP contribution < -0.4 is 5.32 Å². The highest BCUT2D eigenvalue weighted by Gasteiger charge is 2.25. The maximum atomic E-state index is 13.3. The van der Waals surface area contributed by atoms with E-state index in [1.165, 1.54) is 11.1 Å². The van der Waals surface area contributed by atoms with Crippen molar-refractivity contribution in [1.82, 2.24) is 20.0 Å². The molecule has 0 saturated carbocycles. The number of aromatic nitrogens is 2. The molecule has 0 bridgehead atoms. The summed E-state index contributed by atoms with van der Waals surface area (Å²) in [6.45, 7) is 9.88. The number of morpholine rings is 1. The second kappa shape index (κ2) is 10.5. The molecule has 7 heteroatoms. The molecule has 1 fully saturated rings. The minimum Gasteiger partial charge on any atom is -0.379 e. The molecular weight excluding hydrogens is 436 g/mol. The lowest BCUT2D eigenvalue weighted by atomic mass is 10.0. The van der Waals surface area contributed by atoms with Crippen LogP contribution in [0.25, 0.3) is 5.69 Å². The van der Waals surface area contributed by atoms with Gasteiger partial charge in [-0.2, -0.15) is 5.10 Å². The van der Waals surface area contributed by atoms with Crippen molar-refractivity contribution in [2.75, 3.05) is 32.8 Å². The Morgan fingerprint density at radius 1 is 1.15 bits per heavy atom. The lowest BCUT2D eigenvalue weighted by Crippen LogP contribution is -2.44. The number of amides is 1. The molecule has 1 atom stereocenters. The maximum absolute atomic E-state index is 13.3. The highest BCUT2D eigenvalue weighted by Crippen LogP contribution is 2.25. The van der Waals surface area contributed by atoms with Gasteiger partial charge in [-0.1, -0.05) is 55.3 Å². The van der Waals surface area contributed by atoms with Crippen molar-refractivity contribution in [3.63, 3.8) is 0 Å². The molecule has 4 rings (SSSR count). The molecule has 2 aromatic carbocycles. The minimum absolute atomic E-state index is 0.0894. The van der Waals surface area contributed by atoms with Gasteiger partial charge in [-0.3, -0.25) is 9.69 Å². The van der Waals surface area contributed by atoms with Crippen molar-refractivity contribution in [2.45, 2.75) is 32.7 Å². The Hall–Kier alpha value is -2.67. The van der Waals surface area contributed by atoms with Crippen molar-refractivity contribution in [1.29, 1.82) is 0 Å². The van der Waals surface area contributed by atoms with Gasteiger partial charge in [-0.25, -0.2) is 4.68 Å². The molecular formula is C26H31ClN4O2. The lowest BCUT2D eigenvalue weighted by Gasteiger charge is -2.35. The van der Waals surface area contributed by atoms with Gasteiger partial charge in [0.15, 0.2) is 0 Å². The van der Waals surface area contributed by atoms with E-state index in [4.69, 9.17) is 16.3 Å². The molecule has 3 aromatic rings. The van der Waals surface area contributed by atoms with Crippen LogP contribution in [-0.2, 0) is 4.74 Å². The van der Waals surface area contributed by atoms with E-state index >= 15 is 0 Å². The van der Waals surface area contributed by atoms with Crippen LogP contribution in [0.3, 0.4) is 0 Å². The molecule has 6 nitrogen and oxygen atoms in total. The first-order valence-electron chi connectivity index (χ1n) is 11.4. The van der Waals surface area contributed by atoms with Gasteiger partial charge in [-0.15, -0.1) is 0 Å². The SMILES string of the molecule is Cc1cccc(C(CNC(=O)c2cnn(-c3ccc(Cl)cc3)c2C(C)C)N2CCOCC2)c1. The fourth-order valence-electron chi connectivity index (χ4n) is 4.39. The Morgan fingerprint density at radius 2 is 1.88 bits per heavy atom. The van der Waals surface area contributed by atoms with Crippen molar-refractivity contribution in [3.05, 3.63) is 82.1 Å². The number of rotatable bonds is 7. The molecule has 174 valence electrons. The largest absolute Gasteiger partial charge is 0.379 e. The number of carbonyl (C=O) groups excluding carboxylic acids is 1. The molecule has 1 aliphatic rings. The predicted octanol–water partition coefficient (Wildman–Crippen LogP) is 4.76. The standard InChI is InChI=1S/C26H31ClN4O2/c1-18(2)25-23(16-29-31(25)22-9-7-21(27)8-10-22)26(32)28-17-24(30-11-13-33-14-12-30)20-6-4-5-19(3)15-20/h4-10,15-16,18,24H,11-14,17H2,1-3H3,(H,28,32). The molecule has 1 N–H and O–H groups in total. The summed E-state index contributed by atoms with van der Waals surface area (Å²) in [5.74, 6) is 0.0144. The molecule has 1 aliphatic heterocycles. The number of nitrogens with zero attached hydrogens (tertiary/aromatic N) is 3. The van der Waals surface area contributed by atoms with E-state index in [0.717, 1.165) is 24.5 Å². The molecule has 1 saturated heterocycles. The normalized spacial score (nSPS) is 15.5. The number of nitrogens with one attached hydrogen (secondary N) is 1. The quantitative estimate of drug-likeness (QED) is 0.545. The Balaban J connectivity index is 1.57. The van der Waals surface area contributed by atoms with Crippen LogP contribution >= 0.6 is 11.6 Å². The van der Waals surface area contributed by atoms with Crippen LogP contribution in [0.1, 0.15) is 53.0 Å². The zero-order valence-electron chi connectivity index (χ0n) is 19.4. The highest BCUT2D eigenvalue weighted by molar-refractivity contribution is 6.30. The Morgan fingerprint density at radius 3 is 2.55 bits per heavy atom. The summed E-state index contributed by atoms with van der Waals surface area (Å²) < 4.78 is 7.38. The van der Waals surface area contributed by atoms with Crippen molar-refractivity contribution in [3.8, 4) is 5.69 Å². The number of benzene rings is 2. The minimum atomic E-state index is -0.107. The molecule has 1 amide bonds. The summed E-state index contributed by atoms with van der Waals surface area (Å²) >= 11 is 6.05. The van der Waals surface area contributed by atoms with Gasteiger partial charge < -0.3 is 10.1 Å². The predicted molar refractivity (Wildman–Crippen MR) is 131 cm³/mol. The molecule has 0 radical (unpaired) electrons. The second-order valence-corrected chi connectivity index (χ2v) is 9.21. The molecule has 0 aliphatic carbocycles. The average molecular weight is 467 g/mol. The molecule has 33 heavy (non-hydrogen) atoms. The van der Waals surface area contributed by atoms with E-state index in [0.29, 0.717) is 30.3 Å². The third kappa shape index (κ3) is 5.46. The molecule has 1 aromatic heterocycles. The van der Waals surface area contributed by atoms with Crippen LogP contribution in [0.15, 0.2) is 54.7 Å². The third-order valence-corrected chi connectivity index (χ3v) is 6.29. The fourth-order valence-corrected chi connectivity index (χ4v) is 4.51. The summed E-state index contributed by atoms with van der Waals surface area (Å²) in [7, 11) is 0. The second-order valence-electron chi connectivity index (χ2n) is 8.77. The van der Waals surface area contributed by atoms with Gasteiger partial charge in [0, 0.05) is 24.7 Å².